The molecule has 0 aliphatic carbocycles. The predicted octanol–water partition coefficient (Wildman–Crippen LogP) is 4.60. The summed E-state index contributed by atoms with van der Waals surface area (Å²) in [7, 11) is 1.68. The van der Waals surface area contributed by atoms with Crippen LogP contribution in [0.1, 0.15) is 41.0 Å². The Morgan fingerprint density at radius 2 is 1.90 bits per heavy atom. The van der Waals surface area contributed by atoms with Gasteiger partial charge in [-0.3, -0.25) is 0 Å². The first-order valence-corrected chi connectivity index (χ1v) is 8.07. The molecule has 0 fully saturated rings. The van der Waals surface area contributed by atoms with Crippen LogP contribution in [0, 0.1) is 19.7 Å². The summed E-state index contributed by atoms with van der Waals surface area (Å²) in [5.74, 6) is 0.697. The lowest BCUT2D eigenvalue weighted by molar-refractivity contribution is 0.416. The van der Waals surface area contributed by atoms with Gasteiger partial charge >= 0.3 is 0 Å². The third-order valence-electron chi connectivity index (χ3n) is 3.56. The summed E-state index contributed by atoms with van der Waals surface area (Å²) in [5, 5.41) is 5.58. The average molecular weight is 307 g/mol. The van der Waals surface area contributed by atoms with E-state index in [4.69, 9.17) is 4.74 Å². The van der Waals surface area contributed by atoms with Crippen LogP contribution >= 0.6 is 11.3 Å². The lowest BCUT2D eigenvalue weighted by atomic mass is 9.94. The second kappa shape index (κ2) is 7.05. The zero-order valence-electron chi connectivity index (χ0n) is 13.0. The molecule has 1 aromatic heterocycles. The molecular weight excluding hydrogens is 285 g/mol. The maximum Gasteiger partial charge on any atom is 0.129 e. The molecule has 4 heteroatoms. The fraction of sp³-hybridized carbons (Fsp3) is 0.412. The van der Waals surface area contributed by atoms with Gasteiger partial charge in [-0.05, 0) is 61.7 Å². The summed E-state index contributed by atoms with van der Waals surface area (Å²) in [6.07, 6.45) is 1.05. The molecule has 2 aromatic rings. The molecule has 0 aliphatic rings. The van der Waals surface area contributed by atoms with Crippen molar-refractivity contribution in [3.8, 4) is 5.75 Å². The number of thiophene rings is 1. The van der Waals surface area contributed by atoms with E-state index in [0.717, 1.165) is 35.4 Å². The molecule has 0 aliphatic heterocycles. The van der Waals surface area contributed by atoms with Crippen LogP contribution in [0.25, 0.3) is 0 Å². The largest absolute Gasteiger partial charge is 0.496 e. The van der Waals surface area contributed by atoms with Crippen molar-refractivity contribution in [2.24, 2.45) is 0 Å². The highest BCUT2D eigenvalue weighted by atomic mass is 32.1. The average Bonchev–Trinajstić information content (AvgIpc) is 2.90. The first-order chi connectivity index (χ1) is 10.1. The summed E-state index contributed by atoms with van der Waals surface area (Å²) in [5.41, 5.74) is 3.12. The minimum absolute atomic E-state index is 0.0828. The number of halogens is 1. The van der Waals surface area contributed by atoms with Crippen LogP contribution in [0.4, 0.5) is 4.39 Å². The number of aryl methyl sites for hydroxylation is 2. The van der Waals surface area contributed by atoms with Crippen LogP contribution in [0.2, 0.25) is 0 Å². The monoisotopic (exact) mass is 307 g/mol. The summed E-state index contributed by atoms with van der Waals surface area (Å²) in [6.45, 7) is 7.00. The molecule has 1 heterocycles. The van der Waals surface area contributed by atoms with Crippen LogP contribution in [0.3, 0.4) is 0 Å². The predicted molar refractivity (Wildman–Crippen MR) is 86.9 cm³/mol. The molecule has 2 nitrogen and oxygen atoms in total. The molecule has 1 N–H and O–H groups in total. The zero-order valence-corrected chi connectivity index (χ0v) is 13.8. The number of nitrogens with one attached hydrogen (secondary N) is 1. The first kappa shape index (κ1) is 16.0. The molecule has 2 rings (SSSR count). The molecule has 1 atom stereocenters. The quantitative estimate of drug-likeness (QED) is 0.842. The van der Waals surface area contributed by atoms with Crippen LogP contribution in [-0.4, -0.2) is 13.7 Å². The van der Waals surface area contributed by atoms with Gasteiger partial charge in [-0.15, -0.1) is 11.3 Å². The number of benzene rings is 1. The zero-order chi connectivity index (χ0) is 15.4. The van der Waals surface area contributed by atoms with E-state index in [1.807, 2.05) is 19.2 Å². The lowest BCUT2D eigenvalue weighted by Gasteiger charge is -2.22. The number of ether oxygens (including phenoxy) is 1. The number of methoxy groups -OCH3 is 1. The summed E-state index contributed by atoms with van der Waals surface area (Å²) in [6, 6.07) is 5.35. The van der Waals surface area contributed by atoms with Gasteiger partial charge < -0.3 is 10.1 Å². The second-order valence-corrected chi connectivity index (χ2v) is 6.17. The summed E-state index contributed by atoms with van der Waals surface area (Å²) < 4.78 is 18.8. The number of hydrogen-bond acceptors (Lipinski definition) is 3. The van der Waals surface area contributed by atoms with E-state index in [1.54, 1.807) is 30.6 Å². The number of rotatable bonds is 6. The Morgan fingerprint density at radius 3 is 2.43 bits per heavy atom. The molecule has 0 radical (unpaired) electrons. The minimum atomic E-state index is -0.174. The molecular formula is C17H22FNOS. The van der Waals surface area contributed by atoms with E-state index in [9.17, 15) is 4.39 Å². The van der Waals surface area contributed by atoms with Gasteiger partial charge in [0.15, 0.2) is 0 Å². The van der Waals surface area contributed by atoms with E-state index in [1.165, 1.54) is 4.88 Å². The van der Waals surface area contributed by atoms with Gasteiger partial charge in [-0.1, -0.05) is 6.92 Å². The van der Waals surface area contributed by atoms with Crippen molar-refractivity contribution in [2.75, 3.05) is 13.7 Å². The SMILES string of the molecule is CCCNC(c1cc(OC)cs1)c1c(C)cc(F)cc1C. The molecule has 21 heavy (non-hydrogen) atoms. The van der Waals surface area contributed by atoms with Gasteiger partial charge in [-0.25, -0.2) is 4.39 Å². The summed E-state index contributed by atoms with van der Waals surface area (Å²) >= 11 is 1.67. The van der Waals surface area contributed by atoms with Crippen molar-refractivity contribution in [3.63, 3.8) is 0 Å². The molecule has 114 valence electrons. The van der Waals surface area contributed by atoms with Crippen molar-refractivity contribution >= 4 is 11.3 Å². The van der Waals surface area contributed by atoms with Crippen molar-refractivity contribution in [3.05, 3.63) is 51.0 Å². The normalized spacial score (nSPS) is 12.4. The third-order valence-corrected chi connectivity index (χ3v) is 4.54. The van der Waals surface area contributed by atoms with Gasteiger partial charge in [0, 0.05) is 10.3 Å². The topological polar surface area (TPSA) is 21.3 Å². The highest BCUT2D eigenvalue weighted by molar-refractivity contribution is 7.10. The Kier molecular flexibility index (Phi) is 5.37. The van der Waals surface area contributed by atoms with Crippen molar-refractivity contribution in [2.45, 2.75) is 33.2 Å². The molecule has 0 saturated heterocycles. The third kappa shape index (κ3) is 3.63. The van der Waals surface area contributed by atoms with Crippen LogP contribution < -0.4 is 10.1 Å². The molecule has 0 amide bonds. The van der Waals surface area contributed by atoms with E-state index < -0.39 is 0 Å². The fourth-order valence-corrected chi connectivity index (χ4v) is 3.54. The minimum Gasteiger partial charge on any atom is -0.496 e. The van der Waals surface area contributed by atoms with Gasteiger partial charge in [0.25, 0.3) is 0 Å². The van der Waals surface area contributed by atoms with Crippen molar-refractivity contribution in [1.82, 2.24) is 5.32 Å². The first-order valence-electron chi connectivity index (χ1n) is 7.19. The van der Waals surface area contributed by atoms with Crippen molar-refractivity contribution in [1.29, 1.82) is 0 Å². The summed E-state index contributed by atoms with van der Waals surface area (Å²) in [4.78, 5) is 1.19. The molecule has 0 saturated carbocycles. The Hall–Kier alpha value is -1.39. The van der Waals surface area contributed by atoms with Crippen molar-refractivity contribution < 1.29 is 9.13 Å². The maximum absolute atomic E-state index is 13.5. The molecule has 1 aromatic carbocycles. The van der Waals surface area contributed by atoms with E-state index in [2.05, 4.69) is 18.3 Å². The smallest absolute Gasteiger partial charge is 0.129 e. The van der Waals surface area contributed by atoms with Crippen LogP contribution in [-0.2, 0) is 0 Å². The standard InChI is InChI=1S/C17H22FNOS/c1-5-6-19-17(15-9-14(20-4)10-21-15)16-11(2)7-13(18)8-12(16)3/h7-10,17,19H,5-6H2,1-4H3. The van der Waals surface area contributed by atoms with Gasteiger partial charge in [0.2, 0.25) is 0 Å². The maximum atomic E-state index is 13.5. The molecule has 0 spiro atoms. The Labute approximate surface area is 130 Å². The fourth-order valence-electron chi connectivity index (χ4n) is 2.60. The highest BCUT2D eigenvalue weighted by Gasteiger charge is 2.20. The number of hydrogen-bond donors (Lipinski definition) is 1. The van der Waals surface area contributed by atoms with Crippen LogP contribution in [0.15, 0.2) is 23.6 Å². The van der Waals surface area contributed by atoms with Gasteiger partial charge in [-0.2, -0.15) is 0 Å². The van der Waals surface area contributed by atoms with Crippen LogP contribution in [0.5, 0.6) is 5.75 Å². The second-order valence-electron chi connectivity index (χ2n) is 5.23. The molecule has 1 unspecified atom stereocenters. The molecule has 0 bridgehead atoms. The van der Waals surface area contributed by atoms with Gasteiger partial charge in [0.1, 0.15) is 11.6 Å². The van der Waals surface area contributed by atoms with E-state index in [-0.39, 0.29) is 11.9 Å². The van der Waals surface area contributed by atoms with E-state index >= 15 is 0 Å². The van der Waals surface area contributed by atoms with E-state index in [0.29, 0.717) is 0 Å². The lowest BCUT2D eigenvalue weighted by Crippen LogP contribution is -2.24. The Balaban J connectivity index is 2.45. The Bertz CT molecular complexity index is 586. The van der Waals surface area contributed by atoms with Gasteiger partial charge in [0.05, 0.1) is 13.2 Å². The Morgan fingerprint density at radius 1 is 1.24 bits per heavy atom. The highest BCUT2D eigenvalue weighted by Crippen LogP contribution is 2.34.